The van der Waals surface area contributed by atoms with Crippen molar-refractivity contribution in [2.24, 2.45) is 0 Å². The molecule has 1 fully saturated rings. The van der Waals surface area contributed by atoms with Crippen LogP contribution in [-0.4, -0.2) is 46.2 Å². The molecule has 206 valence electrons. The molecule has 0 aliphatic heterocycles. The molecule has 9 nitrogen and oxygen atoms in total. The van der Waals surface area contributed by atoms with Crippen molar-refractivity contribution in [2.75, 3.05) is 7.11 Å². The smallest absolute Gasteiger partial charge is 0.434 e. The van der Waals surface area contributed by atoms with Gasteiger partial charge in [-0.2, -0.15) is 13.2 Å². The maximum Gasteiger partial charge on any atom is 0.434 e. The number of benzene rings is 1. The molecule has 1 saturated carbocycles. The second-order valence-corrected chi connectivity index (χ2v) is 9.34. The number of ether oxygens (including phenoxy) is 1. The van der Waals surface area contributed by atoms with Gasteiger partial charge in [-0.3, -0.25) is 4.98 Å². The summed E-state index contributed by atoms with van der Waals surface area (Å²) in [5.41, 5.74) is 0.437. The van der Waals surface area contributed by atoms with Crippen molar-refractivity contribution in [3.8, 4) is 28.7 Å². The predicted octanol–water partition coefficient (Wildman–Crippen LogP) is 5.24. The fourth-order valence-electron chi connectivity index (χ4n) is 4.64. The van der Waals surface area contributed by atoms with Gasteiger partial charge < -0.3 is 9.30 Å². The molecule has 1 aliphatic carbocycles. The topological polar surface area (TPSA) is 95.9 Å². The molecule has 0 spiro atoms. The highest BCUT2D eigenvalue weighted by Crippen LogP contribution is 2.45. The lowest BCUT2D eigenvalue weighted by molar-refractivity contribution is -0.140. The number of hydrogen-bond acceptors (Lipinski definition) is 7. The molecular weight excluding hydrogens is 535 g/mol. The average Bonchev–Trinajstić information content (AvgIpc) is 3.51. The lowest BCUT2D eigenvalue weighted by Crippen LogP contribution is -2.05. The second-order valence-electron chi connectivity index (χ2n) is 9.34. The molecule has 4 heterocycles. The third-order valence-electron chi connectivity index (χ3n) is 6.66. The Morgan fingerprint density at radius 3 is 2.42 bits per heavy atom. The van der Waals surface area contributed by atoms with Crippen molar-refractivity contribution >= 4 is 5.65 Å². The van der Waals surface area contributed by atoms with E-state index in [1.165, 1.54) is 24.1 Å². The number of hydrogen-bond donors (Lipinski definition) is 0. The highest BCUT2D eigenvalue weighted by atomic mass is 19.4. The minimum atomic E-state index is -4.75. The fraction of sp³-hybridized carbons (Fsp3) is 0.308. The van der Waals surface area contributed by atoms with Gasteiger partial charge in [-0.15, -0.1) is 5.10 Å². The summed E-state index contributed by atoms with van der Waals surface area (Å²) in [5.74, 6) is -1.61. The van der Waals surface area contributed by atoms with Gasteiger partial charge in [0.25, 0.3) is 0 Å². The van der Waals surface area contributed by atoms with Crippen molar-refractivity contribution in [1.82, 2.24) is 39.1 Å². The van der Waals surface area contributed by atoms with Crippen LogP contribution in [0.3, 0.4) is 0 Å². The largest absolute Gasteiger partial charge is 0.480 e. The zero-order chi connectivity index (χ0) is 28.2. The predicted molar refractivity (Wildman–Crippen MR) is 131 cm³/mol. The summed E-state index contributed by atoms with van der Waals surface area (Å²) in [6.45, 7) is 1.60. The molecule has 4 aromatic heterocycles. The number of rotatable bonds is 7. The second kappa shape index (κ2) is 9.61. The van der Waals surface area contributed by atoms with Crippen LogP contribution in [0.5, 0.6) is 5.88 Å². The van der Waals surface area contributed by atoms with E-state index in [9.17, 15) is 13.2 Å². The summed E-state index contributed by atoms with van der Waals surface area (Å²) in [6, 6.07) is 2.12. The minimum absolute atomic E-state index is 0.0233. The molecule has 6 rings (SSSR count). The van der Waals surface area contributed by atoms with Crippen LogP contribution in [0.1, 0.15) is 48.3 Å². The Hall–Kier alpha value is -4.49. The van der Waals surface area contributed by atoms with Crippen molar-refractivity contribution in [3.05, 3.63) is 71.3 Å². The first kappa shape index (κ1) is 25.8. The first-order valence-corrected chi connectivity index (χ1v) is 12.4. The normalized spacial score (nSPS) is 13.8. The lowest BCUT2D eigenvalue weighted by atomic mass is 10.0. The number of aromatic nitrogens is 8. The van der Waals surface area contributed by atoms with E-state index >= 15 is 8.78 Å². The molecular formula is C26H21F5N8O. The average molecular weight is 556 g/mol. The van der Waals surface area contributed by atoms with Gasteiger partial charge in [0.15, 0.2) is 17.2 Å². The van der Waals surface area contributed by atoms with E-state index in [-0.39, 0.29) is 24.4 Å². The van der Waals surface area contributed by atoms with Crippen molar-refractivity contribution in [2.45, 2.75) is 44.8 Å². The third kappa shape index (κ3) is 4.52. The van der Waals surface area contributed by atoms with Crippen LogP contribution < -0.4 is 4.74 Å². The van der Waals surface area contributed by atoms with Crippen LogP contribution in [0.15, 0.2) is 37.1 Å². The van der Waals surface area contributed by atoms with Gasteiger partial charge in [-0.05, 0) is 37.5 Å². The van der Waals surface area contributed by atoms with E-state index in [1.807, 2.05) is 0 Å². The summed E-state index contributed by atoms with van der Waals surface area (Å²) in [6.07, 6.45) is 2.43. The molecule has 1 aliphatic rings. The number of imidazole rings is 1. The molecule has 14 heteroatoms. The van der Waals surface area contributed by atoms with Gasteiger partial charge >= 0.3 is 6.18 Å². The molecule has 0 unspecified atom stereocenters. The summed E-state index contributed by atoms with van der Waals surface area (Å²) in [7, 11) is 1.49. The van der Waals surface area contributed by atoms with E-state index in [4.69, 9.17) is 4.74 Å². The molecule has 0 atom stereocenters. The van der Waals surface area contributed by atoms with E-state index < -0.39 is 34.9 Å². The Morgan fingerprint density at radius 2 is 1.77 bits per heavy atom. The molecule has 0 saturated heterocycles. The van der Waals surface area contributed by atoms with Crippen LogP contribution in [0.4, 0.5) is 22.0 Å². The van der Waals surface area contributed by atoms with Crippen LogP contribution >= 0.6 is 0 Å². The molecule has 0 amide bonds. The number of methoxy groups -OCH3 is 1. The van der Waals surface area contributed by atoms with Crippen LogP contribution in [-0.2, 0) is 19.1 Å². The van der Waals surface area contributed by atoms with Gasteiger partial charge in [-0.25, -0.2) is 33.2 Å². The molecule has 0 N–H and O–H groups in total. The van der Waals surface area contributed by atoms with Crippen molar-refractivity contribution < 1.29 is 26.7 Å². The van der Waals surface area contributed by atoms with E-state index in [0.717, 1.165) is 41.4 Å². The molecule has 1 aromatic carbocycles. The lowest BCUT2D eigenvalue weighted by Gasteiger charge is -2.10. The number of halogens is 5. The summed E-state index contributed by atoms with van der Waals surface area (Å²) < 4.78 is 78.0. The van der Waals surface area contributed by atoms with Crippen molar-refractivity contribution in [1.29, 1.82) is 0 Å². The molecule has 5 aromatic rings. The van der Waals surface area contributed by atoms with Crippen molar-refractivity contribution in [3.63, 3.8) is 0 Å². The number of alkyl halides is 3. The summed E-state index contributed by atoms with van der Waals surface area (Å²) in [4.78, 5) is 21.1. The highest BCUT2D eigenvalue weighted by Gasteiger charge is 2.36. The van der Waals surface area contributed by atoms with Gasteiger partial charge in [-0.1, -0.05) is 0 Å². The Bertz CT molecular complexity index is 1720. The first-order chi connectivity index (χ1) is 19.2. The van der Waals surface area contributed by atoms with Crippen LogP contribution in [0.25, 0.3) is 28.4 Å². The van der Waals surface area contributed by atoms with Crippen LogP contribution in [0, 0.1) is 11.6 Å². The zero-order valence-corrected chi connectivity index (χ0v) is 21.2. The number of nitrogens with zero attached hydrogens (tertiary/aromatic N) is 8. The molecule has 0 bridgehead atoms. The maximum atomic E-state index is 15.2. The third-order valence-corrected chi connectivity index (χ3v) is 6.66. The SMILES string of the molecule is CCn1cc(C(F)(F)F)nc1-c1c(F)cc(Cc2nccn3nc(-c4c(OC)ncnc4C4CC4)nc23)cc1F. The van der Waals surface area contributed by atoms with Gasteiger partial charge in [0, 0.05) is 37.5 Å². The standard InChI is InChI=1S/C26H21F5N8O/c1-3-38-11-18(26(29,30)31)35-24(38)19-15(27)8-13(9-16(19)28)10-17-23-36-22(37-39(23)7-6-32-17)20-21(14-4-5-14)33-12-34-25(20)40-2/h6-9,11-12,14H,3-5,10H2,1-2H3. The zero-order valence-electron chi connectivity index (χ0n) is 21.2. The van der Waals surface area contributed by atoms with Gasteiger partial charge in [0.05, 0.1) is 24.1 Å². The van der Waals surface area contributed by atoms with Gasteiger partial charge in [0.1, 0.15) is 29.3 Å². The number of fused-ring (bicyclic) bond motifs is 1. The number of aryl methyl sites for hydroxylation is 1. The van der Waals surface area contributed by atoms with E-state index in [0.29, 0.717) is 28.6 Å². The Labute approximate surface area is 223 Å². The Balaban J connectivity index is 1.38. The molecule has 0 radical (unpaired) electrons. The minimum Gasteiger partial charge on any atom is -0.480 e. The molecule has 40 heavy (non-hydrogen) atoms. The summed E-state index contributed by atoms with van der Waals surface area (Å²) >= 11 is 0. The van der Waals surface area contributed by atoms with E-state index in [1.54, 1.807) is 13.1 Å². The quantitative estimate of drug-likeness (QED) is 0.253. The monoisotopic (exact) mass is 556 g/mol. The highest BCUT2D eigenvalue weighted by molar-refractivity contribution is 5.68. The Kier molecular flexibility index (Phi) is 6.19. The fourth-order valence-corrected chi connectivity index (χ4v) is 4.64. The maximum absolute atomic E-state index is 15.2. The summed E-state index contributed by atoms with van der Waals surface area (Å²) in [5, 5.41) is 4.55. The van der Waals surface area contributed by atoms with Crippen LogP contribution in [0.2, 0.25) is 0 Å². The Morgan fingerprint density at radius 1 is 1.02 bits per heavy atom. The van der Waals surface area contributed by atoms with E-state index in [2.05, 4.69) is 30.0 Å². The van der Waals surface area contributed by atoms with Gasteiger partial charge in [0.2, 0.25) is 5.88 Å². The first-order valence-electron chi connectivity index (χ1n) is 12.4.